The Hall–Kier alpha value is -0.340. The molecule has 0 aliphatic heterocycles. The minimum Gasteiger partial charge on any atom is -0.395 e. The van der Waals surface area contributed by atoms with Gasteiger partial charge in [-0.3, -0.25) is 0 Å². The molecule has 0 aromatic rings. The summed E-state index contributed by atoms with van der Waals surface area (Å²) in [6, 6.07) is -0.680. The van der Waals surface area contributed by atoms with Gasteiger partial charge in [-0.05, 0) is 13.3 Å². The molecule has 0 aromatic heterocycles. The molecule has 0 amide bonds. The first-order chi connectivity index (χ1) is 6.66. The fraction of sp³-hybridized carbons (Fsp3) is 1.00. The second-order valence-corrected chi connectivity index (χ2v) is 5.11. The fourth-order valence-electron chi connectivity index (χ4n) is 0.865. The Bertz CT molecular complexity index is 276. The number of nitrogens with one attached hydrogen (secondary N) is 1. The van der Waals surface area contributed by atoms with Crippen molar-refractivity contribution in [2.24, 2.45) is 0 Å². The molecule has 0 radical (unpaired) electrons. The summed E-state index contributed by atoms with van der Waals surface area (Å²) in [5.74, 6) is -0.586. The van der Waals surface area contributed by atoms with E-state index in [4.69, 9.17) is 5.11 Å². The van der Waals surface area contributed by atoms with E-state index in [1.54, 1.807) is 0 Å². The molecule has 0 aliphatic rings. The van der Waals surface area contributed by atoms with Crippen molar-refractivity contribution in [1.29, 1.82) is 0 Å². The third kappa shape index (κ3) is 8.64. The van der Waals surface area contributed by atoms with Crippen LogP contribution in [-0.2, 0) is 10.0 Å². The van der Waals surface area contributed by atoms with E-state index in [2.05, 4.69) is 0 Å². The summed E-state index contributed by atoms with van der Waals surface area (Å²) in [5.41, 5.74) is 0. The average Bonchev–Trinajstić information content (AvgIpc) is 2.00. The lowest BCUT2D eigenvalue weighted by Gasteiger charge is -2.11. The highest BCUT2D eigenvalue weighted by Gasteiger charge is 2.27. The molecule has 0 heterocycles. The molecular formula is C7H14F3NO3S. The molecule has 0 spiro atoms. The van der Waals surface area contributed by atoms with Crippen molar-refractivity contribution >= 4 is 10.0 Å². The van der Waals surface area contributed by atoms with Crippen LogP contribution in [0.15, 0.2) is 0 Å². The van der Waals surface area contributed by atoms with E-state index in [1.807, 2.05) is 4.72 Å². The Balaban J connectivity index is 3.96. The molecule has 8 heteroatoms. The Kier molecular flexibility index (Phi) is 5.54. The van der Waals surface area contributed by atoms with Gasteiger partial charge < -0.3 is 5.11 Å². The smallest absolute Gasteiger partial charge is 0.389 e. The number of halogens is 3. The maximum atomic E-state index is 11.7. The van der Waals surface area contributed by atoms with Gasteiger partial charge in [0.25, 0.3) is 0 Å². The summed E-state index contributed by atoms with van der Waals surface area (Å²) >= 11 is 0. The van der Waals surface area contributed by atoms with Crippen molar-refractivity contribution in [3.63, 3.8) is 0 Å². The largest absolute Gasteiger partial charge is 0.395 e. The molecule has 0 unspecified atom stereocenters. The van der Waals surface area contributed by atoms with Crippen LogP contribution in [0.3, 0.4) is 0 Å². The van der Waals surface area contributed by atoms with Crippen LogP contribution in [0.1, 0.15) is 19.8 Å². The first kappa shape index (κ1) is 14.7. The van der Waals surface area contributed by atoms with Gasteiger partial charge in [0.2, 0.25) is 10.0 Å². The van der Waals surface area contributed by atoms with Gasteiger partial charge in [-0.25, -0.2) is 13.1 Å². The van der Waals surface area contributed by atoms with E-state index in [0.717, 1.165) is 0 Å². The standard InChI is InChI=1S/C7H14F3NO3S/c1-6(5-12)11-15(13,14)4-2-3-7(8,9)10/h6,11-12H,2-5H2,1H3/t6-/m1/s1. The molecule has 0 bridgehead atoms. The number of hydrogen-bond donors (Lipinski definition) is 2. The normalized spacial score (nSPS) is 15.3. The van der Waals surface area contributed by atoms with Crippen LogP contribution < -0.4 is 4.72 Å². The lowest BCUT2D eigenvalue weighted by Crippen LogP contribution is -2.36. The molecule has 0 saturated carbocycles. The monoisotopic (exact) mass is 249 g/mol. The molecule has 2 N–H and O–H groups in total. The molecule has 0 aliphatic carbocycles. The van der Waals surface area contributed by atoms with Gasteiger partial charge >= 0.3 is 6.18 Å². The van der Waals surface area contributed by atoms with Crippen LogP contribution in [0.4, 0.5) is 13.2 Å². The van der Waals surface area contributed by atoms with Crippen molar-refractivity contribution < 1.29 is 26.7 Å². The highest BCUT2D eigenvalue weighted by atomic mass is 32.2. The molecular weight excluding hydrogens is 235 g/mol. The Morgan fingerprint density at radius 2 is 1.93 bits per heavy atom. The third-order valence-electron chi connectivity index (χ3n) is 1.53. The zero-order valence-corrected chi connectivity index (χ0v) is 9.03. The molecule has 0 rings (SSSR count). The van der Waals surface area contributed by atoms with E-state index in [1.165, 1.54) is 6.92 Å². The number of aliphatic hydroxyl groups excluding tert-OH is 1. The molecule has 4 nitrogen and oxygen atoms in total. The van der Waals surface area contributed by atoms with Gasteiger partial charge in [0.05, 0.1) is 12.4 Å². The van der Waals surface area contributed by atoms with E-state index in [9.17, 15) is 21.6 Å². The van der Waals surface area contributed by atoms with Crippen molar-refractivity contribution in [2.45, 2.75) is 32.0 Å². The van der Waals surface area contributed by atoms with Crippen LogP contribution in [0.5, 0.6) is 0 Å². The first-order valence-electron chi connectivity index (χ1n) is 4.34. The van der Waals surface area contributed by atoms with E-state index >= 15 is 0 Å². The summed E-state index contributed by atoms with van der Waals surface area (Å²) in [4.78, 5) is 0. The lowest BCUT2D eigenvalue weighted by molar-refractivity contribution is -0.134. The second-order valence-electron chi connectivity index (χ2n) is 3.24. The average molecular weight is 249 g/mol. The third-order valence-corrected chi connectivity index (χ3v) is 3.12. The number of hydrogen-bond acceptors (Lipinski definition) is 3. The highest BCUT2D eigenvalue weighted by molar-refractivity contribution is 7.89. The summed E-state index contributed by atoms with van der Waals surface area (Å²) in [6.45, 7) is 1.03. The molecule has 0 fully saturated rings. The van der Waals surface area contributed by atoms with Gasteiger partial charge in [0, 0.05) is 12.5 Å². The summed E-state index contributed by atoms with van der Waals surface area (Å²) in [6.07, 6.45) is -5.93. The Morgan fingerprint density at radius 1 is 1.40 bits per heavy atom. The minimum absolute atomic E-state index is 0.390. The van der Waals surface area contributed by atoms with Crippen molar-refractivity contribution in [3.05, 3.63) is 0 Å². The zero-order valence-electron chi connectivity index (χ0n) is 8.21. The van der Waals surface area contributed by atoms with Crippen LogP contribution >= 0.6 is 0 Å². The number of aliphatic hydroxyl groups is 1. The highest BCUT2D eigenvalue weighted by Crippen LogP contribution is 2.21. The molecule has 1 atom stereocenters. The predicted octanol–water partition coefficient (Wildman–Crippen LogP) is 0.629. The summed E-state index contributed by atoms with van der Waals surface area (Å²) in [5, 5.41) is 8.55. The molecule has 0 saturated heterocycles. The maximum absolute atomic E-state index is 11.7. The van der Waals surface area contributed by atoms with E-state index in [-0.39, 0.29) is 0 Å². The lowest BCUT2D eigenvalue weighted by atomic mass is 10.3. The number of rotatable bonds is 6. The van der Waals surface area contributed by atoms with Gasteiger partial charge in [-0.1, -0.05) is 0 Å². The summed E-state index contributed by atoms with van der Waals surface area (Å²) in [7, 11) is -3.73. The van der Waals surface area contributed by atoms with Crippen LogP contribution in [-0.4, -0.2) is 38.1 Å². The van der Waals surface area contributed by atoms with E-state index in [0.29, 0.717) is 0 Å². The Morgan fingerprint density at radius 3 is 2.33 bits per heavy atom. The summed E-state index contributed by atoms with van der Waals surface area (Å²) < 4.78 is 59.4. The van der Waals surface area contributed by atoms with E-state index < -0.39 is 47.4 Å². The topological polar surface area (TPSA) is 66.4 Å². The zero-order chi connectivity index (χ0) is 12.1. The van der Waals surface area contributed by atoms with Gasteiger partial charge in [-0.2, -0.15) is 13.2 Å². The predicted molar refractivity (Wildman–Crippen MR) is 48.8 cm³/mol. The number of alkyl halides is 3. The first-order valence-corrected chi connectivity index (χ1v) is 5.99. The van der Waals surface area contributed by atoms with Crippen LogP contribution in [0.2, 0.25) is 0 Å². The van der Waals surface area contributed by atoms with Crippen LogP contribution in [0, 0.1) is 0 Å². The van der Waals surface area contributed by atoms with Crippen LogP contribution in [0.25, 0.3) is 0 Å². The SMILES string of the molecule is C[C@H](CO)NS(=O)(=O)CCCC(F)(F)F. The second kappa shape index (κ2) is 5.66. The van der Waals surface area contributed by atoms with Crippen molar-refractivity contribution in [1.82, 2.24) is 4.72 Å². The number of sulfonamides is 1. The molecule has 15 heavy (non-hydrogen) atoms. The van der Waals surface area contributed by atoms with Gasteiger partial charge in [0.1, 0.15) is 0 Å². The Labute approximate surface area is 86.5 Å². The molecule has 92 valence electrons. The minimum atomic E-state index is -4.34. The maximum Gasteiger partial charge on any atom is 0.389 e. The quantitative estimate of drug-likeness (QED) is 0.725. The van der Waals surface area contributed by atoms with Gasteiger partial charge in [-0.15, -0.1) is 0 Å². The fourth-order valence-corrected chi connectivity index (χ4v) is 2.20. The van der Waals surface area contributed by atoms with Gasteiger partial charge in [0.15, 0.2) is 0 Å². The van der Waals surface area contributed by atoms with Crippen molar-refractivity contribution in [3.8, 4) is 0 Å². The van der Waals surface area contributed by atoms with Crippen molar-refractivity contribution in [2.75, 3.05) is 12.4 Å². The molecule has 0 aromatic carbocycles.